The van der Waals surface area contributed by atoms with Crippen LogP contribution in [0, 0.1) is 5.92 Å². The van der Waals surface area contributed by atoms with Gasteiger partial charge in [-0.3, -0.25) is 14.4 Å². The van der Waals surface area contributed by atoms with Crippen molar-refractivity contribution in [3.63, 3.8) is 0 Å². The molecule has 8 heteroatoms. The van der Waals surface area contributed by atoms with Gasteiger partial charge in [0.25, 0.3) is 0 Å². The predicted molar refractivity (Wildman–Crippen MR) is 115 cm³/mol. The summed E-state index contributed by atoms with van der Waals surface area (Å²) in [5.74, 6) is -3.17. The lowest BCUT2D eigenvalue weighted by Crippen LogP contribution is -2.56. The van der Waals surface area contributed by atoms with Crippen LogP contribution in [0.5, 0.6) is 0 Å². The largest absolute Gasteiger partial charge is 0.459 e. The number of epoxide rings is 1. The monoisotopic (exact) mass is 448 g/mol. The van der Waals surface area contributed by atoms with Crippen molar-refractivity contribution in [1.82, 2.24) is 0 Å². The van der Waals surface area contributed by atoms with Gasteiger partial charge in [-0.2, -0.15) is 0 Å². The molecule has 0 N–H and O–H groups in total. The Hall–Kier alpha value is -2.74. The molecular formula is C24H32O8. The van der Waals surface area contributed by atoms with Gasteiger partial charge in [-0.25, -0.2) is 4.79 Å². The zero-order chi connectivity index (χ0) is 24.4. The number of carbonyl (C=O) groups is 4. The van der Waals surface area contributed by atoms with Gasteiger partial charge in [-0.1, -0.05) is 24.3 Å². The van der Waals surface area contributed by atoms with E-state index < -0.39 is 59.6 Å². The van der Waals surface area contributed by atoms with E-state index in [1.165, 1.54) is 13.8 Å². The molecule has 0 aromatic heterocycles. The Labute approximate surface area is 188 Å². The van der Waals surface area contributed by atoms with Gasteiger partial charge in [0.05, 0.1) is 5.92 Å². The van der Waals surface area contributed by atoms with E-state index >= 15 is 0 Å². The Morgan fingerprint density at radius 3 is 2.22 bits per heavy atom. The molecule has 32 heavy (non-hydrogen) atoms. The summed E-state index contributed by atoms with van der Waals surface area (Å²) in [6.45, 7) is 15.2. The number of fused-ring (bicyclic) bond motifs is 1. The quantitative estimate of drug-likeness (QED) is 0.183. The molecule has 2 aliphatic rings. The molecule has 8 nitrogen and oxygen atoms in total. The normalized spacial score (nSPS) is 29.8. The summed E-state index contributed by atoms with van der Waals surface area (Å²) in [6, 6.07) is 0. The van der Waals surface area contributed by atoms with Crippen molar-refractivity contribution in [2.75, 3.05) is 0 Å². The molecule has 0 aromatic carbocycles. The molecular weight excluding hydrogens is 416 g/mol. The molecule has 0 aromatic rings. The van der Waals surface area contributed by atoms with Crippen molar-refractivity contribution in [3.05, 3.63) is 35.5 Å². The van der Waals surface area contributed by atoms with Gasteiger partial charge >= 0.3 is 17.9 Å². The van der Waals surface area contributed by atoms with E-state index in [-0.39, 0.29) is 6.42 Å². The van der Waals surface area contributed by atoms with Crippen LogP contribution in [0.3, 0.4) is 0 Å². The fraction of sp³-hybridized carbons (Fsp3) is 0.583. The van der Waals surface area contributed by atoms with Crippen molar-refractivity contribution in [3.8, 4) is 0 Å². The second-order valence-electron chi connectivity index (χ2n) is 8.60. The van der Waals surface area contributed by atoms with Gasteiger partial charge in [0.15, 0.2) is 11.7 Å². The first kappa shape index (κ1) is 25.5. The number of ketones is 1. The number of Topliss-reactive ketones (excluding diaryl/α,β-unsaturated/α-hetero) is 1. The second-order valence-corrected chi connectivity index (χ2v) is 8.60. The average Bonchev–Trinajstić information content (AvgIpc) is 3.40. The van der Waals surface area contributed by atoms with Crippen LogP contribution < -0.4 is 0 Å². The van der Waals surface area contributed by atoms with Crippen molar-refractivity contribution in [2.45, 2.75) is 84.9 Å². The molecule has 1 heterocycles. The fourth-order valence-electron chi connectivity index (χ4n) is 3.83. The summed E-state index contributed by atoms with van der Waals surface area (Å²) in [5, 5.41) is 0. The van der Waals surface area contributed by atoms with Gasteiger partial charge in [0.2, 0.25) is 5.78 Å². The Morgan fingerprint density at radius 1 is 1.12 bits per heavy atom. The van der Waals surface area contributed by atoms with Crippen molar-refractivity contribution in [1.29, 1.82) is 0 Å². The summed E-state index contributed by atoms with van der Waals surface area (Å²) in [7, 11) is 0. The lowest BCUT2D eigenvalue weighted by molar-refractivity contribution is -0.168. The molecule has 6 atom stereocenters. The van der Waals surface area contributed by atoms with Crippen LogP contribution in [0.2, 0.25) is 0 Å². The second kappa shape index (κ2) is 9.81. The topological polar surface area (TPSA) is 108 Å². The standard InChI is InChI=1S/C24H32O8/c1-9-13(4)23(28)31-17(11-10-12(2)3)14(5)18-19(29-15(6)25)21(27)24(8)22(32-24)20(18)30-16(7)26/h9-10,17-20,22H,5,11H2,1-4,6-8H3/b13-9+/t17?,18?,19-,20+,22-,24+/m0/s1. The SMILES string of the molecule is C=C(C(CC=C(C)C)OC(=O)/C(C)=C/C)C1[C@H](OC(C)=O)C(=O)[C@@]2(C)O[C@H]2[C@@H]1OC(C)=O. The van der Waals surface area contributed by atoms with Gasteiger partial charge in [-0.15, -0.1) is 0 Å². The van der Waals surface area contributed by atoms with E-state index in [4.69, 9.17) is 18.9 Å². The highest BCUT2D eigenvalue weighted by Crippen LogP contribution is 2.51. The van der Waals surface area contributed by atoms with Crippen molar-refractivity contribution in [2.24, 2.45) is 5.92 Å². The highest BCUT2D eigenvalue weighted by Gasteiger charge is 2.72. The Balaban J connectivity index is 2.49. The molecule has 2 unspecified atom stereocenters. The number of hydrogen-bond donors (Lipinski definition) is 0. The lowest BCUT2D eigenvalue weighted by Gasteiger charge is -2.38. The molecule has 176 valence electrons. The third kappa shape index (κ3) is 5.35. The minimum absolute atomic E-state index is 0.289. The van der Waals surface area contributed by atoms with Crippen LogP contribution in [-0.2, 0) is 38.1 Å². The first-order chi connectivity index (χ1) is 14.8. The molecule has 0 spiro atoms. The number of ether oxygens (including phenoxy) is 4. The molecule has 1 saturated heterocycles. The van der Waals surface area contributed by atoms with E-state index in [1.54, 1.807) is 26.8 Å². The van der Waals surface area contributed by atoms with E-state index in [1.807, 2.05) is 19.9 Å². The first-order valence-corrected chi connectivity index (χ1v) is 10.6. The average molecular weight is 449 g/mol. The molecule has 0 bridgehead atoms. The minimum Gasteiger partial charge on any atom is -0.459 e. The first-order valence-electron chi connectivity index (χ1n) is 10.6. The fourth-order valence-corrected chi connectivity index (χ4v) is 3.83. The van der Waals surface area contributed by atoms with E-state index in [9.17, 15) is 19.2 Å². The number of rotatable bonds is 8. The molecule has 1 saturated carbocycles. The molecule has 1 aliphatic carbocycles. The van der Waals surface area contributed by atoms with E-state index in [2.05, 4.69) is 6.58 Å². The summed E-state index contributed by atoms with van der Waals surface area (Å²) >= 11 is 0. The maximum absolute atomic E-state index is 13.1. The third-order valence-corrected chi connectivity index (χ3v) is 5.76. The highest BCUT2D eigenvalue weighted by atomic mass is 16.7. The maximum Gasteiger partial charge on any atom is 0.333 e. The van der Waals surface area contributed by atoms with E-state index in [0.29, 0.717) is 11.1 Å². The number of allylic oxidation sites excluding steroid dienone is 2. The van der Waals surface area contributed by atoms with Crippen LogP contribution in [-0.4, -0.2) is 53.7 Å². The Kier molecular flexibility index (Phi) is 7.83. The predicted octanol–water partition coefficient (Wildman–Crippen LogP) is 3.00. The number of hydrogen-bond acceptors (Lipinski definition) is 8. The highest BCUT2D eigenvalue weighted by molar-refractivity contribution is 5.97. The number of carbonyl (C=O) groups excluding carboxylic acids is 4. The molecule has 2 rings (SSSR count). The molecule has 1 aliphatic heterocycles. The summed E-state index contributed by atoms with van der Waals surface area (Å²) in [5.41, 5.74) is 0.492. The van der Waals surface area contributed by atoms with Crippen LogP contribution in [0.25, 0.3) is 0 Å². The van der Waals surface area contributed by atoms with Crippen LogP contribution in [0.1, 0.15) is 54.9 Å². The number of esters is 3. The third-order valence-electron chi connectivity index (χ3n) is 5.76. The van der Waals surface area contributed by atoms with Crippen LogP contribution >= 0.6 is 0 Å². The smallest absolute Gasteiger partial charge is 0.333 e. The zero-order valence-corrected chi connectivity index (χ0v) is 19.7. The molecule has 2 fully saturated rings. The van der Waals surface area contributed by atoms with E-state index in [0.717, 1.165) is 5.57 Å². The van der Waals surface area contributed by atoms with Crippen molar-refractivity contribution < 1.29 is 38.1 Å². The van der Waals surface area contributed by atoms with Gasteiger partial charge in [-0.05, 0) is 40.2 Å². The Bertz CT molecular complexity index is 878. The van der Waals surface area contributed by atoms with Gasteiger partial charge in [0, 0.05) is 25.8 Å². The Morgan fingerprint density at radius 2 is 1.72 bits per heavy atom. The van der Waals surface area contributed by atoms with Crippen molar-refractivity contribution >= 4 is 23.7 Å². The summed E-state index contributed by atoms with van der Waals surface area (Å²) < 4.78 is 22.2. The zero-order valence-electron chi connectivity index (χ0n) is 19.7. The van der Waals surface area contributed by atoms with Gasteiger partial charge in [0.1, 0.15) is 18.3 Å². The molecule has 0 amide bonds. The van der Waals surface area contributed by atoms with Crippen LogP contribution in [0.4, 0.5) is 0 Å². The van der Waals surface area contributed by atoms with Gasteiger partial charge < -0.3 is 18.9 Å². The summed E-state index contributed by atoms with van der Waals surface area (Å²) in [4.78, 5) is 49.3. The lowest BCUT2D eigenvalue weighted by atomic mass is 9.72. The minimum atomic E-state index is -1.29. The maximum atomic E-state index is 13.1. The van der Waals surface area contributed by atoms with Crippen LogP contribution in [0.15, 0.2) is 35.5 Å². The summed E-state index contributed by atoms with van der Waals surface area (Å²) in [6.07, 6.45) is 0.0234. The molecule has 0 radical (unpaired) electrons.